The summed E-state index contributed by atoms with van der Waals surface area (Å²) in [5, 5.41) is 16.6. The van der Waals surface area contributed by atoms with E-state index >= 15 is 0 Å². The lowest BCUT2D eigenvalue weighted by Crippen LogP contribution is -2.07. The Balaban J connectivity index is 3.26. The van der Waals surface area contributed by atoms with Gasteiger partial charge in [-0.3, -0.25) is 0 Å². The lowest BCUT2D eigenvalue weighted by Gasteiger charge is -1.98. The van der Waals surface area contributed by atoms with Crippen LogP contribution in [0, 0.1) is 22.7 Å². The summed E-state index contributed by atoms with van der Waals surface area (Å²) in [6.07, 6.45) is -4.67. The smallest absolute Gasteiger partial charge is 0.325 e. The Labute approximate surface area is 70.2 Å². The first-order chi connectivity index (χ1) is 5.99. The van der Waals surface area contributed by atoms with Crippen molar-refractivity contribution in [2.75, 3.05) is 0 Å². The molecule has 0 atom stereocenters. The van der Waals surface area contributed by atoms with Crippen molar-refractivity contribution in [1.82, 2.24) is 9.97 Å². The van der Waals surface area contributed by atoms with Crippen LogP contribution in [0.1, 0.15) is 17.2 Å². The van der Waals surface area contributed by atoms with Gasteiger partial charge in [0.05, 0.1) is 0 Å². The summed E-state index contributed by atoms with van der Waals surface area (Å²) in [7, 11) is 0. The average molecular weight is 186 g/mol. The van der Waals surface area contributed by atoms with Gasteiger partial charge in [-0.05, 0) is 0 Å². The molecule has 0 spiro atoms. The number of aromatic amines is 1. The number of alkyl halides is 3. The maximum atomic E-state index is 11.9. The third-order valence-corrected chi connectivity index (χ3v) is 1.19. The van der Waals surface area contributed by atoms with E-state index in [9.17, 15) is 13.2 Å². The maximum Gasteiger partial charge on any atom is 0.449 e. The van der Waals surface area contributed by atoms with Gasteiger partial charge in [0.25, 0.3) is 0 Å². The largest absolute Gasteiger partial charge is 0.449 e. The second kappa shape index (κ2) is 2.79. The van der Waals surface area contributed by atoms with Gasteiger partial charge in [0.1, 0.15) is 12.1 Å². The number of nitriles is 2. The highest BCUT2D eigenvalue weighted by atomic mass is 19.4. The summed E-state index contributed by atoms with van der Waals surface area (Å²) in [5.41, 5.74) is -1.02. The number of nitrogens with zero attached hydrogens (tertiary/aromatic N) is 3. The van der Waals surface area contributed by atoms with Gasteiger partial charge in [0.2, 0.25) is 5.82 Å². The van der Waals surface area contributed by atoms with Crippen molar-refractivity contribution in [3.63, 3.8) is 0 Å². The topological polar surface area (TPSA) is 76.3 Å². The number of halogens is 3. The van der Waals surface area contributed by atoms with Crippen LogP contribution in [0.3, 0.4) is 0 Å². The Morgan fingerprint density at radius 3 is 2.15 bits per heavy atom. The molecule has 66 valence electrons. The van der Waals surface area contributed by atoms with Crippen LogP contribution >= 0.6 is 0 Å². The van der Waals surface area contributed by atoms with E-state index in [1.54, 1.807) is 4.98 Å². The highest BCUT2D eigenvalue weighted by molar-refractivity contribution is 5.36. The predicted octanol–water partition coefficient (Wildman–Crippen LogP) is 1.17. The molecular weight excluding hydrogens is 185 g/mol. The fourth-order valence-corrected chi connectivity index (χ4v) is 0.669. The molecular formula is C6HF3N4. The molecule has 1 rings (SSSR count). The highest BCUT2D eigenvalue weighted by Crippen LogP contribution is 2.27. The van der Waals surface area contributed by atoms with Crippen LogP contribution in [0.5, 0.6) is 0 Å². The quantitative estimate of drug-likeness (QED) is 0.660. The number of aromatic nitrogens is 2. The van der Waals surface area contributed by atoms with E-state index in [-0.39, 0.29) is 0 Å². The molecule has 0 aliphatic heterocycles. The Morgan fingerprint density at radius 2 is 1.85 bits per heavy atom. The number of H-pyrrole nitrogens is 1. The number of nitrogens with one attached hydrogen (secondary N) is 1. The Morgan fingerprint density at radius 1 is 1.23 bits per heavy atom. The van der Waals surface area contributed by atoms with Crippen LogP contribution in [0.2, 0.25) is 0 Å². The second-order valence-electron chi connectivity index (χ2n) is 2.03. The van der Waals surface area contributed by atoms with Crippen molar-refractivity contribution >= 4 is 0 Å². The van der Waals surface area contributed by atoms with Gasteiger partial charge in [-0.2, -0.15) is 23.7 Å². The molecule has 0 fully saturated rings. The van der Waals surface area contributed by atoms with Gasteiger partial charge in [-0.25, -0.2) is 4.98 Å². The number of imidazole rings is 1. The van der Waals surface area contributed by atoms with Crippen molar-refractivity contribution < 1.29 is 13.2 Å². The molecule has 13 heavy (non-hydrogen) atoms. The van der Waals surface area contributed by atoms with E-state index in [1.807, 2.05) is 0 Å². The summed E-state index contributed by atoms with van der Waals surface area (Å²) in [5.74, 6) is -1.33. The summed E-state index contributed by atoms with van der Waals surface area (Å²) in [6.45, 7) is 0. The third kappa shape index (κ3) is 1.59. The zero-order valence-corrected chi connectivity index (χ0v) is 5.98. The third-order valence-electron chi connectivity index (χ3n) is 1.19. The van der Waals surface area contributed by atoms with Crippen LogP contribution < -0.4 is 0 Å². The minimum Gasteiger partial charge on any atom is -0.325 e. The minimum atomic E-state index is -4.67. The van der Waals surface area contributed by atoms with E-state index in [0.717, 1.165) is 0 Å². The van der Waals surface area contributed by atoms with Crippen molar-refractivity contribution in [3.05, 3.63) is 17.2 Å². The van der Waals surface area contributed by atoms with Crippen LogP contribution in [0.4, 0.5) is 13.2 Å². The fourth-order valence-electron chi connectivity index (χ4n) is 0.669. The zero-order valence-electron chi connectivity index (χ0n) is 5.98. The lowest BCUT2D eigenvalue weighted by atomic mass is 10.4. The first-order valence-electron chi connectivity index (χ1n) is 2.96. The minimum absolute atomic E-state index is 0.477. The van der Waals surface area contributed by atoms with Crippen molar-refractivity contribution in [3.8, 4) is 12.1 Å². The van der Waals surface area contributed by atoms with Gasteiger partial charge < -0.3 is 4.98 Å². The van der Waals surface area contributed by atoms with Crippen molar-refractivity contribution in [2.45, 2.75) is 6.18 Å². The zero-order chi connectivity index (χ0) is 10.1. The SMILES string of the molecule is N#Cc1nc(C(F)(F)F)[nH]c1C#N. The summed E-state index contributed by atoms with van der Waals surface area (Å²) in [4.78, 5) is 4.61. The van der Waals surface area contributed by atoms with E-state index < -0.39 is 23.4 Å². The first kappa shape index (κ1) is 9.07. The van der Waals surface area contributed by atoms with E-state index in [0.29, 0.717) is 0 Å². The Hall–Kier alpha value is -2.02. The molecule has 4 nitrogen and oxygen atoms in total. The summed E-state index contributed by atoms with van der Waals surface area (Å²) in [6, 6.07) is 2.77. The fraction of sp³-hybridized carbons (Fsp3) is 0.167. The molecule has 0 saturated carbocycles. The molecule has 1 heterocycles. The van der Waals surface area contributed by atoms with Gasteiger partial charge >= 0.3 is 6.18 Å². The Bertz CT molecular complexity index is 371. The molecule has 0 aliphatic carbocycles. The molecule has 0 aromatic carbocycles. The number of hydrogen-bond acceptors (Lipinski definition) is 3. The summed E-state index contributed by atoms with van der Waals surface area (Å²) >= 11 is 0. The maximum absolute atomic E-state index is 11.9. The first-order valence-corrected chi connectivity index (χ1v) is 2.96. The van der Waals surface area contributed by atoms with E-state index in [1.165, 1.54) is 12.1 Å². The van der Waals surface area contributed by atoms with Gasteiger partial charge in [0, 0.05) is 0 Å². The normalized spacial score (nSPS) is 10.5. The van der Waals surface area contributed by atoms with Crippen molar-refractivity contribution in [2.24, 2.45) is 0 Å². The Kier molecular flexibility index (Phi) is 1.95. The molecule has 1 aromatic heterocycles. The molecule has 0 amide bonds. The standard InChI is InChI=1S/C6HF3N4/c7-6(8,9)5-12-3(1-10)4(2-11)13-5/h(H,12,13). The van der Waals surface area contributed by atoms with Gasteiger partial charge in [-0.1, -0.05) is 0 Å². The summed E-state index contributed by atoms with van der Waals surface area (Å²) < 4.78 is 35.8. The van der Waals surface area contributed by atoms with E-state index in [2.05, 4.69) is 4.98 Å². The van der Waals surface area contributed by atoms with Gasteiger partial charge in [-0.15, -0.1) is 0 Å². The number of rotatable bonds is 0. The van der Waals surface area contributed by atoms with Crippen LogP contribution in [-0.4, -0.2) is 9.97 Å². The monoisotopic (exact) mass is 186 g/mol. The van der Waals surface area contributed by atoms with Crippen LogP contribution in [-0.2, 0) is 6.18 Å². The molecule has 0 radical (unpaired) electrons. The molecule has 0 bridgehead atoms. The average Bonchev–Trinajstić information content (AvgIpc) is 2.45. The molecule has 0 saturated heterocycles. The highest BCUT2D eigenvalue weighted by Gasteiger charge is 2.35. The van der Waals surface area contributed by atoms with Crippen LogP contribution in [0.25, 0.3) is 0 Å². The number of hydrogen-bond donors (Lipinski definition) is 1. The molecule has 1 aromatic rings. The van der Waals surface area contributed by atoms with Crippen molar-refractivity contribution in [1.29, 1.82) is 10.5 Å². The van der Waals surface area contributed by atoms with Crippen LogP contribution in [0.15, 0.2) is 0 Å². The van der Waals surface area contributed by atoms with E-state index in [4.69, 9.17) is 10.5 Å². The molecule has 1 N–H and O–H groups in total. The molecule has 0 unspecified atom stereocenters. The van der Waals surface area contributed by atoms with Gasteiger partial charge in [0.15, 0.2) is 11.4 Å². The second-order valence-corrected chi connectivity index (χ2v) is 2.03. The molecule has 7 heteroatoms. The predicted molar refractivity (Wildman–Crippen MR) is 33.0 cm³/mol. The lowest BCUT2D eigenvalue weighted by molar-refractivity contribution is -0.144. The molecule has 0 aliphatic rings.